The van der Waals surface area contributed by atoms with Crippen molar-refractivity contribution < 1.29 is 23.9 Å². The zero-order chi connectivity index (χ0) is 25.2. The highest BCUT2D eigenvalue weighted by Crippen LogP contribution is 2.31. The number of ether oxygens (including phenoxy) is 2. The van der Waals surface area contributed by atoms with Gasteiger partial charge in [0.25, 0.3) is 5.91 Å². The summed E-state index contributed by atoms with van der Waals surface area (Å²) in [6.45, 7) is 4.33. The van der Waals surface area contributed by atoms with Crippen LogP contribution in [0.2, 0.25) is 0 Å². The number of carbonyl (C=O) groups excluding carboxylic acids is 3. The minimum absolute atomic E-state index is 0.0701. The third-order valence-electron chi connectivity index (χ3n) is 6.30. The van der Waals surface area contributed by atoms with Crippen LogP contribution in [0.25, 0.3) is 0 Å². The van der Waals surface area contributed by atoms with Gasteiger partial charge < -0.3 is 24.3 Å². The lowest BCUT2D eigenvalue weighted by molar-refractivity contribution is -0.133. The summed E-state index contributed by atoms with van der Waals surface area (Å²) in [6.07, 6.45) is 1.40. The number of aryl methyl sites for hydroxylation is 1. The molecule has 1 atom stereocenters. The topological polar surface area (TPSA) is 103 Å². The normalized spacial score (nSPS) is 17.0. The average molecular weight is 477 g/mol. The van der Waals surface area contributed by atoms with E-state index in [0.29, 0.717) is 12.3 Å². The summed E-state index contributed by atoms with van der Waals surface area (Å²) in [4.78, 5) is 45.1. The molecule has 182 valence electrons. The SMILES string of the molecule is COC(=O)c1ncn2c1C(=O)N(Cc1ccc(OC)cc1)C(C)(C(=O)NCc1ccc(C)cc1)C2. The van der Waals surface area contributed by atoms with Crippen molar-refractivity contribution in [3.63, 3.8) is 0 Å². The summed E-state index contributed by atoms with van der Waals surface area (Å²) in [5.41, 5.74) is 1.69. The number of imidazole rings is 1. The fourth-order valence-electron chi connectivity index (χ4n) is 4.17. The largest absolute Gasteiger partial charge is 0.497 e. The van der Waals surface area contributed by atoms with Gasteiger partial charge in [-0.1, -0.05) is 42.0 Å². The van der Waals surface area contributed by atoms with E-state index in [0.717, 1.165) is 16.7 Å². The Morgan fingerprint density at radius 1 is 1.06 bits per heavy atom. The molecule has 1 N–H and O–H groups in total. The van der Waals surface area contributed by atoms with E-state index in [2.05, 4.69) is 10.3 Å². The second kappa shape index (κ2) is 9.61. The molecule has 2 aromatic carbocycles. The summed E-state index contributed by atoms with van der Waals surface area (Å²) in [7, 11) is 2.81. The zero-order valence-electron chi connectivity index (χ0n) is 20.2. The van der Waals surface area contributed by atoms with Crippen LogP contribution in [0, 0.1) is 6.92 Å². The Balaban J connectivity index is 1.67. The molecule has 0 spiro atoms. The molecule has 4 rings (SSSR count). The van der Waals surface area contributed by atoms with E-state index >= 15 is 0 Å². The Hall–Kier alpha value is -4.14. The number of aromatic nitrogens is 2. The van der Waals surface area contributed by atoms with Crippen LogP contribution in [0.3, 0.4) is 0 Å². The standard InChI is InChI=1S/C26H28N4O5/c1-17-5-7-18(8-6-17)13-27-25(33)26(2)15-29-16-28-21(24(32)35-4)22(29)23(31)30(26)14-19-9-11-20(34-3)12-10-19/h5-12,16H,13-15H2,1-4H3,(H,27,33). The molecule has 1 aliphatic rings. The van der Waals surface area contributed by atoms with E-state index < -0.39 is 17.4 Å². The molecular weight excluding hydrogens is 448 g/mol. The molecule has 2 amide bonds. The summed E-state index contributed by atoms with van der Waals surface area (Å²) < 4.78 is 11.6. The van der Waals surface area contributed by atoms with Gasteiger partial charge >= 0.3 is 5.97 Å². The quantitative estimate of drug-likeness (QED) is 0.526. The Kier molecular flexibility index (Phi) is 6.59. The summed E-state index contributed by atoms with van der Waals surface area (Å²) >= 11 is 0. The van der Waals surface area contributed by atoms with Gasteiger partial charge in [0.05, 0.1) is 27.1 Å². The van der Waals surface area contributed by atoms with Crippen molar-refractivity contribution in [2.45, 2.75) is 39.0 Å². The minimum Gasteiger partial charge on any atom is -0.497 e. The molecule has 0 aliphatic carbocycles. The van der Waals surface area contributed by atoms with Gasteiger partial charge in [-0.2, -0.15) is 0 Å². The summed E-state index contributed by atoms with van der Waals surface area (Å²) in [5.74, 6) is -0.802. The highest BCUT2D eigenvalue weighted by Gasteiger charge is 2.48. The first-order chi connectivity index (χ1) is 16.8. The smallest absolute Gasteiger partial charge is 0.359 e. The van der Waals surface area contributed by atoms with E-state index in [-0.39, 0.29) is 30.4 Å². The second-order valence-corrected chi connectivity index (χ2v) is 8.74. The van der Waals surface area contributed by atoms with Crippen molar-refractivity contribution in [3.05, 3.63) is 82.9 Å². The van der Waals surface area contributed by atoms with Gasteiger partial charge in [0.15, 0.2) is 5.69 Å². The number of hydrogen-bond donors (Lipinski definition) is 1. The van der Waals surface area contributed by atoms with Crippen LogP contribution in [0.15, 0.2) is 54.9 Å². The van der Waals surface area contributed by atoms with Gasteiger partial charge in [0.2, 0.25) is 5.91 Å². The Labute approximate surface area is 203 Å². The number of methoxy groups -OCH3 is 2. The maximum absolute atomic E-state index is 13.7. The van der Waals surface area contributed by atoms with Crippen molar-refractivity contribution >= 4 is 17.8 Å². The number of carbonyl (C=O) groups is 3. The second-order valence-electron chi connectivity index (χ2n) is 8.74. The third-order valence-corrected chi connectivity index (χ3v) is 6.30. The predicted octanol–water partition coefficient (Wildman–Crippen LogP) is 2.72. The lowest BCUT2D eigenvalue weighted by Crippen LogP contribution is -2.63. The first-order valence-electron chi connectivity index (χ1n) is 11.2. The first-order valence-corrected chi connectivity index (χ1v) is 11.2. The fourth-order valence-corrected chi connectivity index (χ4v) is 4.17. The van der Waals surface area contributed by atoms with Gasteiger partial charge in [0.1, 0.15) is 17.0 Å². The number of nitrogens with one attached hydrogen (secondary N) is 1. The Morgan fingerprint density at radius 2 is 1.71 bits per heavy atom. The van der Waals surface area contributed by atoms with E-state index in [1.165, 1.54) is 18.3 Å². The Morgan fingerprint density at radius 3 is 2.34 bits per heavy atom. The van der Waals surface area contributed by atoms with Crippen molar-refractivity contribution in [2.24, 2.45) is 0 Å². The van der Waals surface area contributed by atoms with E-state index in [1.807, 2.05) is 43.3 Å². The molecule has 0 saturated carbocycles. The van der Waals surface area contributed by atoms with Gasteiger partial charge in [-0.05, 0) is 37.1 Å². The molecule has 2 heterocycles. The molecule has 9 nitrogen and oxygen atoms in total. The van der Waals surface area contributed by atoms with Crippen molar-refractivity contribution in [1.82, 2.24) is 19.8 Å². The molecule has 0 fully saturated rings. The maximum atomic E-state index is 13.7. The van der Waals surface area contributed by atoms with Gasteiger partial charge in [-0.25, -0.2) is 9.78 Å². The zero-order valence-corrected chi connectivity index (χ0v) is 20.2. The molecule has 9 heteroatoms. The number of benzene rings is 2. The molecule has 1 unspecified atom stereocenters. The number of amides is 2. The van der Waals surface area contributed by atoms with Crippen LogP contribution in [-0.2, 0) is 29.2 Å². The molecular formula is C26H28N4O5. The predicted molar refractivity (Wildman–Crippen MR) is 128 cm³/mol. The number of esters is 1. The van der Waals surface area contributed by atoms with E-state index in [1.54, 1.807) is 30.7 Å². The lowest BCUT2D eigenvalue weighted by atomic mass is 9.93. The Bertz CT molecular complexity index is 1250. The van der Waals surface area contributed by atoms with E-state index in [9.17, 15) is 14.4 Å². The fraction of sp³-hybridized carbons (Fsp3) is 0.308. The van der Waals surface area contributed by atoms with Gasteiger partial charge in [-0.15, -0.1) is 0 Å². The highest BCUT2D eigenvalue weighted by atomic mass is 16.5. The number of fused-ring (bicyclic) bond motifs is 1. The molecule has 0 bridgehead atoms. The van der Waals surface area contributed by atoms with E-state index in [4.69, 9.17) is 9.47 Å². The van der Waals surface area contributed by atoms with Crippen LogP contribution in [0.4, 0.5) is 0 Å². The summed E-state index contributed by atoms with van der Waals surface area (Å²) in [6, 6.07) is 15.1. The lowest BCUT2D eigenvalue weighted by Gasteiger charge is -2.43. The van der Waals surface area contributed by atoms with Crippen LogP contribution in [0.1, 0.15) is 44.6 Å². The third kappa shape index (κ3) is 4.62. The van der Waals surface area contributed by atoms with Crippen molar-refractivity contribution in [1.29, 1.82) is 0 Å². The van der Waals surface area contributed by atoms with Crippen molar-refractivity contribution in [3.8, 4) is 5.75 Å². The molecule has 0 saturated heterocycles. The van der Waals surface area contributed by atoms with Crippen LogP contribution < -0.4 is 10.1 Å². The average Bonchev–Trinajstić information content (AvgIpc) is 3.29. The highest BCUT2D eigenvalue weighted by molar-refractivity contribution is 6.06. The van der Waals surface area contributed by atoms with Crippen LogP contribution in [0.5, 0.6) is 5.75 Å². The number of rotatable bonds is 7. The van der Waals surface area contributed by atoms with Crippen molar-refractivity contribution in [2.75, 3.05) is 14.2 Å². The number of hydrogen-bond acceptors (Lipinski definition) is 6. The molecule has 3 aromatic rings. The first kappa shape index (κ1) is 24.0. The molecule has 0 radical (unpaired) electrons. The minimum atomic E-state index is -1.23. The summed E-state index contributed by atoms with van der Waals surface area (Å²) in [5, 5.41) is 2.98. The van der Waals surface area contributed by atoms with Gasteiger partial charge in [-0.3, -0.25) is 9.59 Å². The van der Waals surface area contributed by atoms with Crippen LogP contribution in [-0.4, -0.2) is 52.0 Å². The molecule has 1 aromatic heterocycles. The maximum Gasteiger partial charge on any atom is 0.359 e. The molecule has 1 aliphatic heterocycles. The monoisotopic (exact) mass is 476 g/mol. The molecule has 35 heavy (non-hydrogen) atoms. The number of nitrogens with zero attached hydrogens (tertiary/aromatic N) is 3. The van der Waals surface area contributed by atoms with Crippen LogP contribution >= 0.6 is 0 Å². The van der Waals surface area contributed by atoms with Gasteiger partial charge in [0, 0.05) is 13.1 Å².